The summed E-state index contributed by atoms with van der Waals surface area (Å²) in [4.78, 5) is 23.4. The van der Waals surface area contributed by atoms with Crippen molar-refractivity contribution in [1.82, 2.24) is 14.9 Å². The molecule has 29 heavy (non-hydrogen) atoms. The number of likely N-dealkylation sites (tertiary alicyclic amines) is 1. The summed E-state index contributed by atoms with van der Waals surface area (Å²) in [5.74, 6) is 1.69. The number of aromatic nitrogens is 2. The largest absolute Gasteiger partial charge is 0.451 e. The number of hydrogen-bond acceptors (Lipinski definition) is 6. The molecule has 1 saturated carbocycles. The van der Waals surface area contributed by atoms with Gasteiger partial charge in [-0.3, -0.25) is 9.78 Å². The molecule has 5 rings (SSSR count). The molecule has 1 aliphatic heterocycles. The first-order chi connectivity index (χ1) is 14.1. The highest BCUT2D eigenvalue weighted by Crippen LogP contribution is 2.38. The van der Waals surface area contributed by atoms with E-state index in [4.69, 9.17) is 4.42 Å². The van der Waals surface area contributed by atoms with E-state index in [2.05, 4.69) is 15.3 Å². The topological polar surface area (TPSA) is 91.5 Å². The first kappa shape index (κ1) is 18.1. The Hall–Kier alpha value is -2.93. The van der Waals surface area contributed by atoms with Gasteiger partial charge in [-0.25, -0.2) is 4.98 Å². The Balaban J connectivity index is 1.31. The van der Waals surface area contributed by atoms with Crippen LogP contribution in [0.15, 0.2) is 47.3 Å². The average molecular weight is 392 g/mol. The maximum absolute atomic E-state index is 13.2. The first-order valence-electron chi connectivity index (χ1n) is 10.1. The summed E-state index contributed by atoms with van der Waals surface area (Å²) in [5.41, 5.74) is 1.64. The molecule has 2 aliphatic rings. The summed E-state index contributed by atoms with van der Waals surface area (Å²) in [7, 11) is 0. The Morgan fingerprint density at radius 2 is 2.00 bits per heavy atom. The Morgan fingerprint density at radius 3 is 2.76 bits per heavy atom. The molecule has 7 heteroatoms. The normalized spacial score (nSPS) is 26.5. The summed E-state index contributed by atoms with van der Waals surface area (Å²) in [5, 5.41) is 14.9. The zero-order chi connectivity index (χ0) is 20.0. The molecule has 0 spiro atoms. The number of aliphatic hydroxyl groups excluding tert-OH is 1. The van der Waals surface area contributed by atoms with Gasteiger partial charge in [0.05, 0.1) is 18.3 Å². The van der Waals surface area contributed by atoms with Gasteiger partial charge in [-0.15, -0.1) is 0 Å². The fraction of sp³-hybridized carbons (Fsp3) is 0.409. The van der Waals surface area contributed by atoms with Gasteiger partial charge in [0.2, 0.25) is 0 Å². The second kappa shape index (κ2) is 7.15. The van der Waals surface area contributed by atoms with Crippen molar-refractivity contribution >= 4 is 22.7 Å². The number of amides is 1. The van der Waals surface area contributed by atoms with Crippen molar-refractivity contribution < 1.29 is 14.3 Å². The third-order valence-electron chi connectivity index (χ3n) is 6.36. The maximum atomic E-state index is 13.2. The van der Waals surface area contributed by atoms with Gasteiger partial charge >= 0.3 is 0 Å². The van der Waals surface area contributed by atoms with Gasteiger partial charge in [-0.1, -0.05) is 18.2 Å². The van der Waals surface area contributed by atoms with E-state index in [1.807, 2.05) is 36.1 Å². The van der Waals surface area contributed by atoms with Crippen molar-refractivity contribution in [2.24, 2.45) is 11.8 Å². The van der Waals surface area contributed by atoms with Crippen LogP contribution in [0, 0.1) is 18.8 Å². The minimum Gasteiger partial charge on any atom is -0.451 e. The van der Waals surface area contributed by atoms with Crippen LogP contribution >= 0.6 is 0 Å². The number of furan rings is 1. The van der Waals surface area contributed by atoms with Gasteiger partial charge in [0.25, 0.3) is 5.91 Å². The summed E-state index contributed by atoms with van der Waals surface area (Å²) in [6.45, 7) is 3.28. The fourth-order valence-electron chi connectivity index (χ4n) is 4.84. The summed E-state index contributed by atoms with van der Waals surface area (Å²) in [6, 6.07) is 7.65. The Bertz CT molecular complexity index is 1030. The molecular weight excluding hydrogens is 368 g/mol. The molecule has 150 valence electrons. The van der Waals surface area contributed by atoms with Crippen molar-refractivity contribution in [1.29, 1.82) is 0 Å². The second-order valence-corrected chi connectivity index (χ2v) is 8.16. The van der Waals surface area contributed by atoms with E-state index >= 15 is 0 Å². The quantitative estimate of drug-likeness (QED) is 0.712. The number of para-hydroxylation sites is 1. The number of anilines is 1. The van der Waals surface area contributed by atoms with Crippen molar-refractivity contribution in [3.05, 3.63) is 54.2 Å². The molecule has 2 fully saturated rings. The summed E-state index contributed by atoms with van der Waals surface area (Å²) < 4.78 is 5.88. The minimum absolute atomic E-state index is 0.0546. The number of carbonyl (C=O) groups is 1. The second-order valence-electron chi connectivity index (χ2n) is 8.16. The molecule has 1 saturated heterocycles. The number of fused-ring (bicyclic) bond motifs is 2. The predicted molar refractivity (Wildman–Crippen MR) is 109 cm³/mol. The smallest absolute Gasteiger partial charge is 0.289 e. The zero-order valence-electron chi connectivity index (χ0n) is 16.3. The number of hydrogen-bond donors (Lipinski definition) is 2. The number of rotatable bonds is 3. The molecule has 2 aromatic heterocycles. The number of nitrogens with zero attached hydrogens (tertiary/aromatic N) is 3. The monoisotopic (exact) mass is 392 g/mol. The third-order valence-corrected chi connectivity index (χ3v) is 6.36. The van der Waals surface area contributed by atoms with Crippen LogP contribution in [-0.2, 0) is 0 Å². The molecule has 1 amide bonds. The van der Waals surface area contributed by atoms with E-state index in [1.54, 1.807) is 18.6 Å². The van der Waals surface area contributed by atoms with Crippen LogP contribution in [0.2, 0.25) is 0 Å². The van der Waals surface area contributed by atoms with Gasteiger partial charge in [0.15, 0.2) is 5.76 Å². The van der Waals surface area contributed by atoms with Crippen LogP contribution < -0.4 is 5.32 Å². The molecule has 3 heterocycles. The molecule has 7 nitrogen and oxygen atoms in total. The van der Waals surface area contributed by atoms with E-state index in [9.17, 15) is 9.90 Å². The highest BCUT2D eigenvalue weighted by molar-refractivity contribution is 5.99. The summed E-state index contributed by atoms with van der Waals surface area (Å²) >= 11 is 0. The van der Waals surface area contributed by atoms with Gasteiger partial charge in [0.1, 0.15) is 11.4 Å². The van der Waals surface area contributed by atoms with Crippen LogP contribution in [0.1, 0.15) is 29.0 Å². The maximum Gasteiger partial charge on any atom is 0.289 e. The lowest BCUT2D eigenvalue weighted by molar-refractivity contribution is 0.0720. The van der Waals surface area contributed by atoms with Crippen LogP contribution in [0.5, 0.6) is 0 Å². The van der Waals surface area contributed by atoms with Gasteiger partial charge in [-0.2, -0.15) is 0 Å². The van der Waals surface area contributed by atoms with E-state index in [0.29, 0.717) is 42.9 Å². The van der Waals surface area contributed by atoms with E-state index in [0.717, 1.165) is 23.0 Å². The standard InChI is InChI=1S/C22H24N4O3/c1-13-16-4-2-3-5-19(16)29-21(13)22(28)26-11-14-8-17(18(27)9-15(14)12-26)25-20-10-23-6-7-24-20/h2-7,10,14-15,17-18,27H,8-9,11-12H2,1H3,(H,24,25)/t14-,15+,17-,18-/m1/s1. The molecule has 4 atom stereocenters. The SMILES string of the molecule is Cc1c(C(=O)N2C[C@H]3C[C@@H](Nc4cnccn4)[C@H](O)C[C@H]3C2)oc2ccccc12. The Morgan fingerprint density at radius 1 is 1.21 bits per heavy atom. The number of aryl methyl sites for hydroxylation is 1. The van der Waals surface area contributed by atoms with Gasteiger partial charge in [-0.05, 0) is 37.7 Å². The van der Waals surface area contributed by atoms with E-state index < -0.39 is 6.10 Å². The zero-order valence-corrected chi connectivity index (χ0v) is 16.3. The van der Waals surface area contributed by atoms with E-state index in [-0.39, 0.29) is 11.9 Å². The van der Waals surface area contributed by atoms with Crippen LogP contribution in [0.3, 0.4) is 0 Å². The Labute approximate surface area is 168 Å². The third kappa shape index (κ3) is 3.25. The van der Waals surface area contributed by atoms with Crippen molar-refractivity contribution in [2.45, 2.75) is 31.9 Å². The predicted octanol–water partition coefficient (Wildman–Crippen LogP) is 2.85. The first-order valence-corrected chi connectivity index (χ1v) is 10.1. The molecule has 1 aliphatic carbocycles. The molecule has 2 N–H and O–H groups in total. The van der Waals surface area contributed by atoms with Gasteiger partial charge in [0, 0.05) is 36.4 Å². The number of carbonyl (C=O) groups excluding carboxylic acids is 1. The number of aliphatic hydroxyl groups is 1. The lowest BCUT2D eigenvalue weighted by atomic mass is 9.77. The van der Waals surface area contributed by atoms with Crippen LogP contribution in [-0.4, -0.2) is 51.1 Å². The van der Waals surface area contributed by atoms with Crippen molar-refractivity contribution in [2.75, 3.05) is 18.4 Å². The molecule has 0 radical (unpaired) electrons. The highest BCUT2D eigenvalue weighted by atomic mass is 16.3. The van der Waals surface area contributed by atoms with Gasteiger partial charge < -0.3 is 19.7 Å². The molecule has 0 bridgehead atoms. The van der Waals surface area contributed by atoms with Crippen LogP contribution in [0.4, 0.5) is 5.82 Å². The molecule has 0 unspecified atom stereocenters. The minimum atomic E-state index is -0.471. The molecular formula is C22H24N4O3. The lowest BCUT2D eigenvalue weighted by Crippen LogP contribution is -2.43. The fourth-order valence-corrected chi connectivity index (χ4v) is 4.84. The van der Waals surface area contributed by atoms with Crippen molar-refractivity contribution in [3.8, 4) is 0 Å². The van der Waals surface area contributed by atoms with Crippen LogP contribution in [0.25, 0.3) is 11.0 Å². The van der Waals surface area contributed by atoms with E-state index in [1.165, 1.54) is 0 Å². The lowest BCUT2D eigenvalue weighted by Gasteiger charge is -2.35. The molecule has 1 aromatic carbocycles. The molecule has 3 aromatic rings. The number of benzene rings is 1. The average Bonchev–Trinajstić information content (AvgIpc) is 3.30. The Kier molecular flexibility index (Phi) is 4.47. The van der Waals surface area contributed by atoms with Crippen molar-refractivity contribution in [3.63, 3.8) is 0 Å². The number of nitrogens with one attached hydrogen (secondary N) is 1. The summed E-state index contributed by atoms with van der Waals surface area (Å²) in [6.07, 6.45) is 5.91. The highest BCUT2D eigenvalue weighted by Gasteiger charge is 2.43.